The highest BCUT2D eigenvalue weighted by molar-refractivity contribution is 14.1. The molecule has 0 aliphatic heterocycles. The molecule has 7 heteroatoms. The Balaban J connectivity index is 1.96. The number of rotatable bonds is 5. The quantitative estimate of drug-likeness (QED) is 0.507. The van der Waals surface area contributed by atoms with Crippen molar-refractivity contribution in [3.05, 3.63) is 69.7 Å². The highest BCUT2D eigenvalue weighted by Crippen LogP contribution is 2.28. The van der Waals surface area contributed by atoms with Gasteiger partial charge in [-0.05, 0) is 59.0 Å². The summed E-state index contributed by atoms with van der Waals surface area (Å²) in [6, 6.07) is 13.8. The molecule has 3 rings (SSSR count). The molecule has 0 saturated heterocycles. The van der Waals surface area contributed by atoms with Gasteiger partial charge in [0.25, 0.3) is 0 Å². The molecule has 0 spiro atoms. The van der Waals surface area contributed by atoms with Crippen LogP contribution in [0.15, 0.2) is 54.7 Å². The third-order valence-corrected chi connectivity index (χ3v) is 4.69. The van der Waals surface area contributed by atoms with Crippen molar-refractivity contribution in [2.45, 2.75) is 0 Å². The van der Waals surface area contributed by atoms with Gasteiger partial charge < -0.3 is 15.3 Å². The molecule has 2 N–H and O–H groups in total. The second-order valence-electron chi connectivity index (χ2n) is 6.11. The van der Waals surface area contributed by atoms with Gasteiger partial charge in [0.2, 0.25) is 0 Å². The number of aromatic carboxylic acids is 1. The number of hydrogen-bond donors (Lipinski definition) is 2. The summed E-state index contributed by atoms with van der Waals surface area (Å²) in [4.78, 5) is 18.0. The lowest BCUT2D eigenvalue weighted by Gasteiger charge is -2.14. The first-order valence-corrected chi connectivity index (χ1v) is 9.16. The van der Waals surface area contributed by atoms with Gasteiger partial charge in [0.05, 0.1) is 28.8 Å². The number of benzene rings is 2. The third-order valence-electron chi connectivity index (χ3n) is 4.01. The van der Waals surface area contributed by atoms with E-state index in [-0.39, 0.29) is 16.9 Å². The molecule has 5 nitrogen and oxygen atoms in total. The number of anilines is 3. The SMILES string of the molecule is CN(C)c1ccc(-c2cc(C(=O)O)c(Nc3ccc(I)cc3F)cn2)cc1. The molecule has 0 atom stereocenters. The van der Waals surface area contributed by atoms with Crippen molar-refractivity contribution in [1.29, 1.82) is 0 Å². The van der Waals surface area contributed by atoms with E-state index in [9.17, 15) is 14.3 Å². The summed E-state index contributed by atoms with van der Waals surface area (Å²) in [5.41, 5.74) is 2.82. The fourth-order valence-corrected chi connectivity index (χ4v) is 3.01. The van der Waals surface area contributed by atoms with E-state index in [1.807, 2.05) is 65.9 Å². The molecule has 0 saturated carbocycles. The number of aromatic nitrogens is 1. The minimum Gasteiger partial charge on any atom is -0.478 e. The maximum atomic E-state index is 14.1. The Morgan fingerprint density at radius 2 is 1.81 bits per heavy atom. The van der Waals surface area contributed by atoms with Crippen LogP contribution in [-0.4, -0.2) is 30.2 Å². The van der Waals surface area contributed by atoms with Gasteiger partial charge in [-0.15, -0.1) is 0 Å². The van der Waals surface area contributed by atoms with Crippen molar-refractivity contribution in [3.63, 3.8) is 0 Å². The van der Waals surface area contributed by atoms with E-state index >= 15 is 0 Å². The topological polar surface area (TPSA) is 65.5 Å². The zero-order chi connectivity index (χ0) is 19.6. The van der Waals surface area contributed by atoms with Crippen molar-refractivity contribution >= 4 is 45.6 Å². The minimum atomic E-state index is -1.11. The molecular formula is C20H17FIN3O2. The van der Waals surface area contributed by atoms with Gasteiger partial charge in [0, 0.05) is 28.9 Å². The third kappa shape index (κ3) is 4.36. The number of halogens is 2. The first kappa shape index (κ1) is 19.1. The Hall–Kier alpha value is -2.68. The molecular weight excluding hydrogens is 460 g/mol. The summed E-state index contributed by atoms with van der Waals surface area (Å²) < 4.78 is 14.8. The molecule has 27 heavy (non-hydrogen) atoms. The normalized spacial score (nSPS) is 10.5. The summed E-state index contributed by atoms with van der Waals surface area (Å²) in [5, 5.41) is 12.4. The van der Waals surface area contributed by atoms with Crippen LogP contribution in [0.2, 0.25) is 0 Å². The number of carboxylic acid groups (broad SMARTS) is 1. The van der Waals surface area contributed by atoms with Gasteiger partial charge in [0.1, 0.15) is 5.82 Å². The molecule has 1 aromatic heterocycles. The number of pyridine rings is 1. The first-order chi connectivity index (χ1) is 12.8. The van der Waals surface area contributed by atoms with Crippen LogP contribution in [0.4, 0.5) is 21.5 Å². The van der Waals surface area contributed by atoms with Crippen molar-refractivity contribution in [1.82, 2.24) is 4.98 Å². The van der Waals surface area contributed by atoms with Crippen LogP contribution < -0.4 is 10.2 Å². The van der Waals surface area contributed by atoms with Gasteiger partial charge in [-0.25, -0.2) is 9.18 Å². The van der Waals surface area contributed by atoms with Crippen molar-refractivity contribution in [2.75, 3.05) is 24.3 Å². The number of hydrogen-bond acceptors (Lipinski definition) is 4. The highest BCUT2D eigenvalue weighted by atomic mass is 127. The lowest BCUT2D eigenvalue weighted by molar-refractivity contribution is 0.0698. The van der Waals surface area contributed by atoms with Crippen molar-refractivity contribution in [3.8, 4) is 11.3 Å². The van der Waals surface area contributed by atoms with Crippen LogP contribution in [0.1, 0.15) is 10.4 Å². The maximum absolute atomic E-state index is 14.1. The van der Waals surface area contributed by atoms with Crippen molar-refractivity contribution < 1.29 is 14.3 Å². The Labute approximate surface area is 170 Å². The highest BCUT2D eigenvalue weighted by Gasteiger charge is 2.15. The zero-order valence-corrected chi connectivity index (χ0v) is 16.9. The number of nitrogens with zero attached hydrogens (tertiary/aromatic N) is 2. The van der Waals surface area contributed by atoms with Gasteiger partial charge >= 0.3 is 5.97 Å². The molecule has 0 aliphatic rings. The number of carboxylic acids is 1. The molecule has 0 amide bonds. The Kier molecular flexibility index (Phi) is 5.59. The van der Waals surface area contributed by atoms with Crippen LogP contribution in [0, 0.1) is 9.39 Å². The predicted octanol–water partition coefficient (Wildman–Crippen LogP) is 5.00. The minimum absolute atomic E-state index is 0.0228. The van der Waals surface area contributed by atoms with Crippen LogP contribution in [-0.2, 0) is 0 Å². The van der Waals surface area contributed by atoms with Crippen LogP contribution in [0.5, 0.6) is 0 Å². The Bertz CT molecular complexity index is 991. The largest absolute Gasteiger partial charge is 0.478 e. The van der Waals surface area contributed by atoms with Gasteiger partial charge in [-0.3, -0.25) is 4.98 Å². The number of carbonyl (C=O) groups is 1. The average molecular weight is 477 g/mol. The lowest BCUT2D eigenvalue weighted by Crippen LogP contribution is -2.08. The Morgan fingerprint density at radius 1 is 1.11 bits per heavy atom. The summed E-state index contributed by atoms with van der Waals surface area (Å²) in [6.07, 6.45) is 1.41. The van der Waals surface area contributed by atoms with E-state index in [1.165, 1.54) is 18.3 Å². The fraction of sp³-hybridized carbons (Fsp3) is 0.100. The van der Waals surface area contributed by atoms with E-state index < -0.39 is 11.8 Å². The summed E-state index contributed by atoms with van der Waals surface area (Å²) in [5.74, 6) is -1.57. The molecule has 0 radical (unpaired) electrons. The van der Waals surface area contributed by atoms with Crippen LogP contribution >= 0.6 is 22.6 Å². The molecule has 1 heterocycles. The summed E-state index contributed by atoms with van der Waals surface area (Å²) in [6.45, 7) is 0. The van der Waals surface area contributed by atoms with E-state index in [0.717, 1.165) is 14.8 Å². The van der Waals surface area contributed by atoms with E-state index in [1.54, 1.807) is 12.1 Å². The maximum Gasteiger partial charge on any atom is 0.337 e. The summed E-state index contributed by atoms with van der Waals surface area (Å²) >= 11 is 2.01. The Morgan fingerprint density at radius 3 is 2.41 bits per heavy atom. The predicted molar refractivity (Wildman–Crippen MR) is 113 cm³/mol. The van der Waals surface area contributed by atoms with Crippen LogP contribution in [0.25, 0.3) is 11.3 Å². The standard InChI is InChI=1S/C20H17FIN3O2/c1-25(2)14-6-3-12(4-7-14)18-10-15(20(26)27)19(11-23-18)24-17-8-5-13(22)9-16(17)21/h3-11,24H,1-2H3,(H,26,27). The fourth-order valence-electron chi connectivity index (χ4n) is 2.56. The van der Waals surface area contributed by atoms with Gasteiger partial charge in [-0.2, -0.15) is 0 Å². The first-order valence-electron chi connectivity index (χ1n) is 8.08. The average Bonchev–Trinajstić information content (AvgIpc) is 2.64. The molecule has 0 unspecified atom stereocenters. The smallest absolute Gasteiger partial charge is 0.337 e. The van der Waals surface area contributed by atoms with Gasteiger partial charge in [-0.1, -0.05) is 12.1 Å². The summed E-state index contributed by atoms with van der Waals surface area (Å²) in [7, 11) is 3.89. The van der Waals surface area contributed by atoms with E-state index in [2.05, 4.69) is 10.3 Å². The van der Waals surface area contributed by atoms with E-state index in [0.29, 0.717) is 5.69 Å². The molecule has 2 aromatic carbocycles. The lowest BCUT2D eigenvalue weighted by atomic mass is 10.1. The second-order valence-corrected chi connectivity index (χ2v) is 7.36. The zero-order valence-electron chi connectivity index (χ0n) is 14.7. The van der Waals surface area contributed by atoms with Crippen LogP contribution in [0.3, 0.4) is 0 Å². The monoisotopic (exact) mass is 477 g/mol. The molecule has 0 aliphatic carbocycles. The molecule has 0 fully saturated rings. The van der Waals surface area contributed by atoms with Gasteiger partial charge in [0.15, 0.2) is 0 Å². The molecule has 3 aromatic rings. The molecule has 138 valence electrons. The van der Waals surface area contributed by atoms with E-state index in [4.69, 9.17) is 0 Å². The number of nitrogens with one attached hydrogen (secondary N) is 1. The van der Waals surface area contributed by atoms with Crippen molar-refractivity contribution in [2.24, 2.45) is 0 Å². The second kappa shape index (κ2) is 7.91. The molecule has 0 bridgehead atoms.